The Hall–Kier alpha value is -1.38. The van der Waals surface area contributed by atoms with Crippen LogP contribution < -0.4 is 0 Å². The summed E-state index contributed by atoms with van der Waals surface area (Å²) in [5.41, 5.74) is 0.570. The van der Waals surface area contributed by atoms with E-state index < -0.39 is 5.41 Å². The minimum Gasteiger partial charge on any atom is -0.465 e. The molecule has 1 aliphatic rings. The highest BCUT2D eigenvalue weighted by atomic mass is 16.5. The molecule has 0 bridgehead atoms. The first kappa shape index (κ1) is 12.1. The van der Waals surface area contributed by atoms with Crippen molar-refractivity contribution in [2.45, 2.75) is 44.4 Å². The molecular weight excluding hydrogens is 214 g/mol. The van der Waals surface area contributed by atoms with Crippen LogP contribution in [0.2, 0.25) is 0 Å². The van der Waals surface area contributed by atoms with Gasteiger partial charge in [0, 0.05) is 12.4 Å². The zero-order valence-corrected chi connectivity index (χ0v) is 10.3. The third kappa shape index (κ3) is 2.33. The van der Waals surface area contributed by atoms with Crippen molar-refractivity contribution >= 4 is 5.97 Å². The number of nitrogens with zero attached hydrogens (tertiary/aromatic N) is 1. The van der Waals surface area contributed by atoms with Gasteiger partial charge in [0.1, 0.15) is 0 Å². The normalized spacial score (nSPS) is 18.6. The maximum Gasteiger partial charge on any atom is 0.316 e. The fraction of sp³-hybridized carbons (Fsp3) is 0.571. The predicted octanol–water partition coefficient (Wildman–Crippen LogP) is 2.85. The maximum absolute atomic E-state index is 12.3. The first-order valence-electron chi connectivity index (χ1n) is 6.37. The number of rotatable bonds is 3. The van der Waals surface area contributed by atoms with Gasteiger partial charge in [-0.1, -0.05) is 25.3 Å². The first-order valence-corrected chi connectivity index (χ1v) is 6.37. The molecule has 1 heterocycles. The average molecular weight is 233 g/mol. The fourth-order valence-corrected chi connectivity index (χ4v) is 2.68. The van der Waals surface area contributed by atoms with Gasteiger partial charge in [-0.3, -0.25) is 9.78 Å². The Balaban J connectivity index is 2.33. The number of aromatic nitrogens is 1. The molecule has 0 unspecified atom stereocenters. The van der Waals surface area contributed by atoms with Crippen molar-refractivity contribution in [3.63, 3.8) is 0 Å². The molecule has 0 aromatic carbocycles. The molecule has 3 heteroatoms. The molecule has 0 N–H and O–H groups in total. The molecule has 0 radical (unpaired) electrons. The van der Waals surface area contributed by atoms with Gasteiger partial charge in [-0.15, -0.1) is 0 Å². The van der Waals surface area contributed by atoms with Crippen LogP contribution >= 0.6 is 0 Å². The topological polar surface area (TPSA) is 39.2 Å². The molecule has 3 nitrogen and oxygen atoms in total. The zero-order valence-electron chi connectivity index (χ0n) is 10.3. The van der Waals surface area contributed by atoms with Crippen LogP contribution in [-0.4, -0.2) is 17.6 Å². The molecule has 0 saturated heterocycles. The molecule has 1 saturated carbocycles. The molecule has 1 aromatic heterocycles. The van der Waals surface area contributed by atoms with Crippen LogP contribution in [-0.2, 0) is 14.9 Å². The lowest BCUT2D eigenvalue weighted by atomic mass is 9.70. The molecule has 92 valence electrons. The van der Waals surface area contributed by atoms with Gasteiger partial charge in [-0.2, -0.15) is 0 Å². The van der Waals surface area contributed by atoms with Crippen LogP contribution in [0.3, 0.4) is 0 Å². The predicted molar refractivity (Wildman–Crippen MR) is 65.6 cm³/mol. The van der Waals surface area contributed by atoms with Gasteiger partial charge in [0.2, 0.25) is 0 Å². The van der Waals surface area contributed by atoms with Crippen molar-refractivity contribution in [2.24, 2.45) is 0 Å². The van der Waals surface area contributed by atoms with E-state index in [2.05, 4.69) is 4.98 Å². The SMILES string of the molecule is CCOC(=O)C1(c2cccnc2)CCCCC1. The lowest BCUT2D eigenvalue weighted by Crippen LogP contribution is -2.39. The van der Waals surface area contributed by atoms with Crippen LogP contribution in [0.4, 0.5) is 0 Å². The van der Waals surface area contributed by atoms with E-state index in [1.165, 1.54) is 6.42 Å². The van der Waals surface area contributed by atoms with Gasteiger partial charge in [-0.05, 0) is 31.4 Å². The third-order valence-electron chi connectivity index (χ3n) is 3.59. The van der Waals surface area contributed by atoms with Crippen molar-refractivity contribution in [2.75, 3.05) is 6.61 Å². The van der Waals surface area contributed by atoms with E-state index in [9.17, 15) is 4.79 Å². The zero-order chi connectivity index (χ0) is 12.1. The average Bonchev–Trinajstić information content (AvgIpc) is 2.41. The quantitative estimate of drug-likeness (QED) is 0.754. The molecule has 0 amide bonds. The second kappa shape index (κ2) is 5.30. The molecule has 1 aliphatic carbocycles. The number of hydrogen-bond donors (Lipinski definition) is 0. The van der Waals surface area contributed by atoms with E-state index in [1.807, 2.05) is 25.3 Å². The van der Waals surface area contributed by atoms with Crippen molar-refractivity contribution in [1.29, 1.82) is 0 Å². The van der Waals surface area contributed by atoms with E-state index in [-0.39, 0.29) is 5.97 Å². The lowest BCUT2D eigenvalue weighted by Gasteiger charge is -2.34. The monoisotopic (exact) mass is 233 g/mol. The third-order valence-corrected chi connectivity index (χ3v) is 3.59. The Bertz CT molecular complexity index is 369. The summed E-state index contributed by atoms with van der Waals surface area (Å²) in [6.45, 7) is 2.30. The van der Waals surface area contributed by atoms with E-state index in [1.54, 1.807) is 6.20 Å². The van der Waals surface area contributed by atoms with Gasteiger partial charge >= 0.3 is 5.97 Å². The molecule has 17 heavy (non-hydrogen) atoms. The summed E-state index contributed by atoms with van der Waals surface area (Å²) >= 11 is 0. The first-order chi connectivity index (χ1) is 8.29. The van der Waals surface area contributed by atoms with Gasteiger partial charge in [0.25, 0.3) is 0 Å². The van der Waals surface area contributed by atoms with Crippen LogP contribution in [0, 0.1) is 0 Å². The molecule has 2 rings (SSSR count). The lowest BCUT2D eigenvalue weighted by molar-refractivity contribution is -0.151. The molecule has 0 aliphatic heterocycles. The van der Waals surface area contributed by atoms with Crippen LogP contribution in [0.15, 0.2) is 24.5 Å². The second-order valence-corrected chi connectivity index (χ2v) is 4.60. The summed E-state index contributed by atoms with van der Waals surface area (Å²) in [6.07, 6.45) is 8.71. The molecular formula is C14H19NO2. The second-order valence-electron chi connectivity index (χ2n) is 4.60. The fourth-order valence-electron chi connectivity index (χ4n) is 2.68. The highest BCUT2D eigenvalue weighted by Crippen LogP contribution is 2.40. The summed E-state index contributed by atoms with van der Waals surface area (Å²) in [4.78, 5) is 16.4. The van der Waals surface area contributed by atoms with Crippen LogP contribution in [0.1, 0.15) is 44.6 Å². The smallest absolute Gasteiger partial charge is 0.316 e. The van der Waals surface area contributed by atoms with Crippen molar-refractivity contribution in [3.05, 3.63) is 30.1 Å². The Kier molecular flexibility index (Phi) is 3.77. The number of pyridine rings is 1. The summed E-state index contributed by atoms with van der Waals surface area (Å²) in [5, 5.41) is 0. The minimum atomic E-state index is -0.442. The van der Waals surface area contributed by atoms with Gasteiger partial charge in [0.05, 0.1) is 12.0 Å². The summed E-state index contributed by atoms with van der Waals surface area (Å²) in [6, 6.07) is 3.89. The van der Waals surface area contributed by atoms with Crippen LogP contribution in [0.25, 0.3) is 0 Å². The summed E-state index contributed by atoms with van der Waals surface area (Å²) in [5.74, 6) is -0.0762. The van der Waals surface area contributed by atoms with E-state index in [4.69, 9.17) is 4.74 Å². The maximum atomic E-state index is 12.3. The van der Waals surface area contributed by atoms with Gasteiger partial charge in [-0.25, -0.2) is 0 Å². The molecule has 1 fully saturated rings. The van der Waals surface area contributed by atoms with Crippen molar-refractivity contribution < 1.29 is 9.53 Å². The number of carbonyl (C=O) groups is 1. The van der Waals surface area contributed by atoms with Crippen molar-refractivity contribution in [1.82, 2.24) is 4.98 Å². The largest absolute Gasteiger partial charge is 0.465 e. The molecule has 1 aromatic rings. The highest BCUT2D eigenvalue weighted by Gasteiger charge is 2.42. The van der Waals surface area contributed by atoms with Crippen LogP contribution in [0.5, 0.6) is 0 Å². The Labute approximate surface area is 102 Å². The van der Waals surface area contributed by atoms with Gasteiger partial charge < -0.3 is 4.74 Å². The number of carbonyl (C=O) groups excluding carboxylic acids is 1. The van der Waals surface area contributed by atoms with E-state index in [0.29, 0.717) is 6.61 Å². The molecule has 0 atom stereocenters. The standard InChI is InChI=1S/C14H19NO2/c1-2-17-13(16)14(8-4-3-5-9-14)12-7-6-10-15-11-12/h6-7,10-11H,2-5,8-9H2,1H3. The van der Waals surface area contributed by atoms with E-state index >= 15 is 0 Å². The Morgan fingerprint density at radius 3 is 2.76 bits per heavy atom. The number of ether oxygens (including phenoxy) is 1. The highest BCUT2D eigenvalue weighted by molar-refractivity contribution is 5.83. The van der Waals surface area contributed by atoms with Crippen molar-refractivity contribution in [3.8, 4) is 0 Å². The Morgan fingerprint density at radius 2 is 2.18 bits per heavy atom. The summed E-state index contributed by atoms with van der Waals surface area (Å²) < 4.78 is 5.27. The van der Waals surface area contributed by atoms with Gasteiger partial charge in [0.15, 0.2) is 0 Å². The molecule has 0 spiro atoms. The number of esters is 1. The van der Waals surface area contributed by atoms with E-state index in [0.717, 1.165) is 31.2 Å². The Morgan fingerprint density at radius 1 is 1.41 bits per heavy atom. The minimum absolute atomic E-state index is 0.0762. The summed E-state index contributed by atoms with van der Waals surface area (Å²) in [7, 11) is 0. The number of hydrogen-bond acceptors (Lipinski definition) is 3.